The molecule has 0 amide bonds. The highest BCUT2D eigenvalue weighted by molar-refractivity contribution is 7.86. The Morgan fingerprint density at radius 3 is 2.93 bits per heavy atom. The maximum Gasteiger partial charge on any atom is 0.116 e. The molecule has 1 N–H and O–H groups in total. The van der Waals surface area contributed by atoms with Gasteiger partial charge in [-0.1, -0.05) is 25.1 Å². The van der Waals surface area contributed by atoms with Crippen molar-refractivity contribution in [2.45, 2.75) is 6.92 Å². The van der Waals surface area contributed by atoms with Gasteiger partial charge in [0.05, 0.1) is 11.2 Å². The van der Waals surface area contributed by atoms with Crippen LogP contribution in [0.2, 0.25) is 0 Å². The molecule has 4 heteroatoms. The van der Waals surface area contributed by atoms with Crippen LogP contribution in [0, 0.1) is 0 Å². The van der Waals surface area contributed by atoms with Gasteiger partial charge in [0, 0.05) is 17.3 Å². The Hall–Kier alpha value is -1.42. The molecule has 3 nitrogen and oxygen atoms in total. The minimum Gasteiger partial charge on any atom is -0.303 e. The Labute approximate surface area is 91.1 Å². The SMILES string of the molecule is CCS(=O)Nc1cccc2cccnc12. The van der Waals surface area contributed by atoms with Gasteiger partial charge >= 0.3 is 0 Å². The zero-order valence-electron chi connectivity index (χ0n) is 8.43. The lowest BCUT2D eigenvalue weighted by Crippen LogP contribution is -2.06. The normalized spacial score (nSPS) is 12.6. The minimum atomic E-state index is -1.02. The molecule has 0 saturated heterocycles. The first-order valence-electron chi connectivity index (χ1n) is 4.80. The lowest BCUT2D eigenvalue weighted by Gasteiger charge is -2.06. The number of rotatable bonds is 3. The summed E-state index contributed by atoms with van der Waals surface area (Å²) in [4.78, 5) is 4.27. The Kier molecular flexibility index (Phi) is 2.97. The first-order chi connectivity index (χ1) is 7.31. The van der Waals surface area contributed by atoms with Gasteiger partial charge in [0.15, 0.2) is 0 Å². The summed E-state index contributed by atoms with van der Waals surface area (Å²) in [5.41, 5.74) is 1.69. The van der Waals surface area contributed by atoms with Gasteiger partial charge in [-0.05, 0) is 12.1 Å². The molecular formula is C11H12N2OS. The summed E-state index contributed by atoms with van der Waals surface area (Å²) < 4.78 is 14.3. The predicted octanol–water partition coefficient (Wildman–Crippen LogP) is 2.33. The van der Waals surface area contributed by atoms with Gasteiger partial charge in [0.2, 0.25) is 0 Å². The van der Waals surface area contributed by atoms with Crippen molar-refractivity contribution in [2.75, 3.05) is 10.5 Å². The van der Waals surface area contributed by atoms with E-state index in [1.54, 1.807) is 6.20 Å². The van der Waals surface area contributed by atoms with E-state index in [0.29, 0.717) is 5.75 Å². The molecule has 0 aliphatic heterocycles. The lowest BCUT2D eigenvalue weighted by atomic mass is 10.2. The van der Waals surface area contributed by atoms with Crippen LogP contribution < -0.4 is 4.72 Å². The molecule has 15 heavy (non-hydrogen) atoms. The quantitative estimate of drug-likeness (QED) is 0.862. The molecule has 1 heterocycles. The second-order valence-corrected chi connectivity index (χ2v) is 4.59. The van der Waals surface area contributed by atoms with E-state index >= 15 is 0 Å². The molecular weight excluding hydrogens is 208 g/mol. The average molecular weight is 220 g/mol. The number of nitrogens with one attached hydrogen (secondary N) is 1. The van der Waals surface area contributed by atoms with E-state index in [1.165, 1.54) is 0 Å². The topological polar surface area (TPSA) is 42.0 Å². The van der Waals surface area contributed by atoms with Crippen LogP contribution in [-0.4, -0.2) is 14.9 Å². The molecule has 2 aromatic rings. The molecule has 1 atom stereocenters. The van der Waals surface area contributed by atoms with Gasteiger partial charge in [-0.15, -0.1) is 0 Å². The van der Waals surface area contributed by atoms with Crippen LogP contribution in [0.5, 0.6) is 0 Å². The third-order valence-corrected chi connectivity index (χ3v) is 3.09. The van der Waals surface area contributed by atoms with Gasteiger partial charge in [0.25, 0.3) is 0 Å². The third-order valence-electron chi connectivity index (χ3n) is 2.12. The van der Waals surface area contributed by atoms with Crippen LogP contribution in [0.4, 0.5) is 5.69 Å². The molecule has 1 unspecified atom stereocenters. The smallest absolute Gasteiger partial charge is 0.116 e. The molecule has 1 aromatic heterocycles. The van der Waals surface area contributed by atoms with Crippen LogP contribution in [0.25, 0.3) is 10.9 Å². The van der Waals surface area contributed by atoms with Crippen molar-refractivity contribution in [3.05, 3.63) is 36.5 Å². The van der Waals surface area contributed by atoms with Crippen LogP contribution in [0.1, 0.15) is 6.92 Å². The molecule has 0 fully saturated rings. The van der Waals surface area contributed by atoms with Gasteiger partial charge in [0.1, 0.15) is 11.0 Å². The van der Waals surface area contributed by atoms with E-state index in [9.17, 15) is 4.21 Å². The summed E-state index contributed by atoms with van der Waals surface area (Å²) in [7, 11) is -1.02. The fourth-order valence-electron chi connectivity index (χ4n) is 1.38. The largest absolute Gasteiger partial charge is 0.303 e. The van der Waals surface area contributed by atoms with Gasteiger partial charge in [-0.2, -0.15) is 0 Å². The summed E-state index contributed by atoms with van der Waals surface area (Å²) in [6.07, 6.45) is 1.74. The van der Waals surface area contributed by atoms with Crippen LogP contribution in [0.3, 0.4) is 0 Å². The van der Waals surface area contributed by atoms with E-state index in [2.05, 4.69) is 9.71 Å². The number of anilines is 1. The highest BCUT2D eigenvalue weighted by atomic mass is 32.2. The Balaban J connectivity index is 2.46. The highest BCUT2D eigenvalue weighted by Gasteiger charge is 2.02. The van der Waals surface area contributed by atoms with Crippen LogP contribution >= 0.6 is 0 Å². The van der Waals surface area contributed by atoms with E-state index in [-0.39, 0.29) is 0 Å². The predicted molar refractivity (Wildman–Crippen MR) is 64.0 cm³/mol. The molecule has 0 spiro atoms. The maximum atomic E-state index is 11.4. The van der Waals surface area contributed by atoms with E-state index in [0.717, 1.165) is 16.6 Å². The minimum absolute atomic E-state index is 0.587. The van der Waals surface area contributed by atoms with E-state index < -0.39 is 11.0 Å². The molecule has 1 aromatic carbocycles. The fourth-order valence-corrected chi connectivity index (χ4v) is 1.94. The van der Waals surface area contributed by atoms with Crippen LogP contribution in [-0.2, 0) is 11.0 Å². The number of benzene rings is 1. The number of fused-ring (bicyclic) bond motifs is 1. The first-order valence-corrected chi connectivity index (χ1v) is 6.12. The van der Waals surface area contributed by atoms with Crippen LogP contribution in [0.15, 0.2) is 36.5 Å². The number of aromatic nitrogens is 1. The average Bonchev–Trinajstić information content (AvgIpc) is 2.29. The van der Waals surface area contributed by atoms with Crippen molar-refractivity contribution in [3.63, 3.8) is 0 Å². The standard InChI is InChI=1S/C11H12N2OS/c1-2-15(14)13-10-7-3-5-9-6-4-8-12-11(9)10/h3-8,13H,2H2,1H3. The maximum absolute atomic E-state index is 11.4. The Morgan fingerprint density at radius 2 is 2.13 bits per heavy atom. The fraction of sp³-hybridized carbons (Fsp3) is 0.182. The molecule has 2 rings (SSSR count). The molecule has 0 radical (unpaired) electrons. The molecule has 0 saturated carbocycles. The number of hydrogen-bond donors (Lipinski definition) is 1. The number of hydrogen-bond acceptors (Lipinski definition) is 2. The first kappa shape index (κ1) is 10.1. The van der Waals surface area contributed by atoms with Crippen molar-refractivity contribution in [3.8, 4) is 0 Å². The van der Waals surface area contributed by atoms with Crippen molar-refractivity contribution < 1.29 is 4.21 Å². The second-order valence-electron chi connectivity index (χ2n) is 3.12. The monoisotopic (exact) mass is 220 g/mol. The second kappa shape index (κ2) is 4.40. The Morgan fingerprint density at radius 1 is 1.33 bits per heavy atom. The highest BCUT2D eigenvalue weighted by Crippen LogP contribution is 2.20. The van der Waals surface area contributed by atoms with Crippen molar-refractivity contribution in [1.82, 2.24) is 4.98 Å². The molecule has 0 aliphatic rings. The van der Waals surface area contributed by atoms with E-state index in [4.69, 9.17) is 0 Å². The van der Waals surface area contributed by atoms with Gasteiger partial charge < -0.3 is 4.72 Å². The summed E-state index contributed by atoms with van der Waals surface area (Å²) in [6.45, 7) is 1.88. The number of nitrogens with zero attached hydrogens (tertiary/aromatic N) is 1. The molecule has 78 valence electrons. The number of pyridine rings is 1. The zero-order chi connectivity index (χ0) is 10.7. The summed E-state index contributed by atoms with van der Waals surface area (Å²) in [5, 5.41) is 1.05. The number of para-hydroxylation sites is 1. The third kappa shape index (κ3) is 2.15. The molecule has 0 bridgehead atoms. The zero-order valence-corrected chi connectivity index (χ0v) is 9.25. The molecule has 0 aliphatic carbocycles. The van der Waals surface area contributed by atoms with Crippen molar-refractivity contribution in [2.24, 2.45) is 0 Å². The summed E-state index contributed by atoms with van der Waals surface area (Å²) >= 11 is 0. The summed E-state index contributed by atoms with van der Waals surface area (Å²) in [6, 6.07) is 9.69. The Bertz CT molecular complexity index is 493. The van der Waals surface area contributed by atoms with Gasteiger partial charge in [-0.3, -0.25) is 4.98 Å². The van der Waals surface area contributed by atoms with E-state index in [1.807, 2.05) is 37.3 Å². The van der Waals surface area contributed by atoms with Crippen molar-refractivity contribution >= 4 is 27.6 Å². The summed E-state index contributed by atoms with van der Waals surface area (Å²) in [5.74, 6) is 0.587. The van der Waals surface area contributed by atoms with Gasteiger partial charge in [-0.25, -0.2) is 4.21 Å². The lowest BCUT2D eigenvalue weighted by molar-refractivity contribution is 0.687. The van der Waals surface area contributed by atoms with Crippen molar-refractivity contribution in [1.29, 1.82) is 0 Å².